The molecule has 0 N–H and O–H groups in total. The molecule has 0 radical (unpaired) electrons. The Balaban J connectivity index is 1.53. The van der Waals surface area contributed by atoms with Gasteiger partial charge in [0, 0.05) is 7.11 Å². The first kappa shape index (κ1) is 15.8. The summed E-state index contributed by atoms with van der Waals surface area (Å²) in [5.74, 6) is 0. The summed E-state index contributed by atoms with van der Waals surface area (Å²) in [6, 6.07) is 0. The van der Waals surface area contributed by atoms with Crippen LogP contribution in [0, 0.1) is 0 Å². The van der Waals surface area contributed by atoms with Gasteiger partial charge in [-0.05, 0) is 0 Å². The standard InChI is InChI=1S/C12H18O9/c1-15-8(2-16-4-9-6-18-11(13)20-9)3-17-5-10-7-19-12(14)21-10/h8-10H,2-7H2,1H3. The van der Waals surface area contributed by atoms with Crippen molar-refractivity contribution >= 4 is 12.3 Å². The van der Waals surface area contributed by atoms with E-state index in [9.17, 15) is 9.59 Å². The second kappa shape index (κ2) is 8.01. The first-order valence-electron chi connectivity index (χ1n) is 6.52. The molecule has 2 aliphatic heterocycles. The lowest BCUT2D eigenvalue weighted by Gasteiger charge is -2.17. The predicted octanol–water partition coefficient (Wildman–Crippen LogP) is 0.105. The predicted molar refractivity (Wildman–Crippen MR) is 64.9 cm³/mol. The highest BCUT2D eigenvalue weighted by Crippen LogP contribution is 2.08. The fraction of sp³-hybridized carbons (Fsp3) is 0.833. The summed E-state index contributed by atoms with van der Waals surface area (Å²) >= 11 is 0. The van der Waals surface area contributed by atoms with Gasteiger partial charge in [0.25, 0.3) is 0 Å². The van der Waals surface area contributed by atoms with Crippen LogP contribution in [0.15, 0.2) is 0 Å². The van der Waals surface area contributed by atoms with E-state index in [-0.39, 0.29) is 58.0 Å². The summed E-state index contributed by atoms with van der Waals surface area (Å²) in [6.07, 6.45) is -2.40. The van der Waals surface area contributed by atoms with E-state index >= 15 is 0 Å². The molecule has 0 spiro atoms. The second-order valence-electron chi connectivity index (χ2n) is 4.53. The number of carbonyl (C=O) groups excluding carboxylic acids is 2. The van der Waals surface area contributed by atoms with Crippen LogP contribution in [0.3, 0.4) is 0 Å². The smallest absolute Gasteiger partial charge is 0.430 e. The fourth-order valence-corrected chi connectivity index (χ4v) is 1.74. The Morgan fingerprint density at radius 3 is 1.81 bits per heavy atom. The molecule has 120 valence electrons. The third-order valence-electron chi connectivity index (χ3n) is 2.85. The van der Waals surface area contributed by atoms with Crippen LogP contribution in [0.5, 0.6) is 0 Å². The topological polar surface area (TPSA) is 98.8 Å². The van der Waals surface area contributed by atoms with E-state index in [1.807, 2.05) is 0 Å². The van der Waals surface area contributed by atoms with Gasteiger partial charge in [0.2, 0.25) is 0 Å². The van der Waals surface area contributed by atoms with Crippen LogP contribution in [-0.2, 0) is 33.2 Å². The first-order chi connectivity index (χ1) is 10.2. The number of cyclic esters (lactones) is 4. The van der Waals surface area contributed by atoms with Crippen LogP contribution >= 0.6 is 0 Å². The van der Waals surface area contributed by atoms with Crippen molar-refractivity contribution < 1.29 is 42.7 Å². The molecular formula is C12H18O9. The van der Waals surface area contributed by atoms with Gasteiger partial charge >= 0.3 is 12.3 Å². The van der Waals surface area contributed by atoms with Crippen molar-refractivity contribution in [1.82, 2.24) is 0 Å². The molecule has 2 fully saturated rings. The number of ether oxygens (including phenoxy) is 7. The molecular weight excluding hydrogens is 288 g/mol. The molecule has 0 aliphatic carbocycles. The van der Waals surface area contributed by atoms with Gasteiger partial charge in [-0.3, -0.25) is 0 Å². The maximum Gasteiger partial charge on any atom is 0.508 e. The zero-order valence-corrected chi connectivity index (χ0v) is 11.6. The molecule has 2 aliphatic rings. The summed E-state index contributed by atoms with van der Waals surface area (Å²) in [5, 5.41) is 0. The van der Waals surface area contributed by atoms with Crippen molar-refractivity contribution in [2.24, 2.45) is 0 Å². The number of methoxy groups -OCH3 is 1. The van der Waals surface area contributed by atoms with Gasteiger partial charge in [-0.1, -0.05) is 0 Å². The van der Waals surface area contributed by atoms with E-state index in [2.05, 4.69) is 9.47 Å². The Morgan fingerprint density at radius 1 is 1.00 bits per heavy atom. The molecule has 0 amide bonds. The van der Waals surface area contributed by atoms with Crippen LogP contribution in [-0.4, -0.2) is 77.4 Å². The summed E-state index contributed by atoms with van der Waals surface area (Å²) in [5.41, 5.74) is 0. The molecule has 9 heteroatoms. The highest BCUT2D eigenvalue weighted by Gasteiger charge is 2.26. The maximum atomic E-state index is 10.7. The zero-order valence-electron chi connectivity index (χ0n) is 11.6. The van der Waals surface area contributed by atoms with Crippen LogP contribution in [0.25, 0.3) is 0 Å². The largest absolute Gasteiger partial charge is 0.508 e. The van der Waals surface area contributed by atoms with Crippen molar-refractivity contribution in [1.29, 1.82) is 0 Å². The van der Waals surface area contributed by atoms with Crippen molar-refractivity contribution in [3.05, 3.63) is 0 Å². The lowest BCUT2D eigenvalue weighted by Crippen LogP contribution is -2.29. The lowest BCUT2D eigenvalue weighted by atomic mass is 10.3. The second-order valence-corrected chi connectivity index (χ2v) is 4.53. The molecule has 2 rings (SSSR count). The minimum Gasteiger partial charge on any atom is -0.430 e. The van der Waals surface area contributed by atoms with Gasteiger partial charge in [0.05, 0.1) is 26.4 Å². The van der Waals surface area contributed by atoms with Crippen LogP contribution in [0.1, 0.15) is 0 Å². The minimum atomic E-state index is -0.677. The number of hydrogen-bond donors (Lipinski definition) is 0. The minimum absolute atomic E-state index is 0.194. The van der Waals surface area contributed by atoms with Crippen molar-refractivity contribution in [3.63, 3.8) is 0 Å². The first-order valence-corrected chi connectivity index (χ1v) is 6.52. The molecule has 0 saturated carbocycles. The molecule has 2 atom stereocenters. The molecule has 2 saturated heterocycles. The van der Waals surface area contributed by atoms with Gasteiger partial charge in [0.15, 0.2) is 12.2 Å². The average molecular weight is 306 g/mol. The summed E-state index contributed by atoms with van der Waals surface area (Å²) in [6.45, 7) is 1.43. The molecule has 2 heterocycles. The Bertz CT molecular complexity index is 327. The van der Waals surface area contributed by atoms with E-state index in [1.54, 1.807) is 0 Å². The van der Waals surface area contributed by atoms with Crippen molar-refractivity contribution in [3.8, 4) is 0 Å². The number of rotatable bonds is 9. The third-order valence-corrected chi connectivity index (χ3v) is 2.85. The molecule has 0 aromatic rings. The highest BCUT2D eigenvalue weighted by molar-refractivity contribution is 5.62. The summed E-state index contributed by atoms with van der Waals surface area (Å²) < 4.78 is 34.9. The number of carbonyl (C=O) groups is 2. The highest BCUT2D eigenvalue weighted by atomic mass is 16.8. The van der Waals surface area contributed by atoms with Crippen LogP contribution in [0.4, 0.5) is 9.59 Å². The SMILES string of the molecule is COC(COCC1COC(=O)O1)COCC1COC(=O)O1. The summed E-state index contributed by atoms with van der Waals surface area (Å²) in [4.78, 5) is 21.4. The van der Waals surface area contributed by atoms with E-state index in [0.29, 0.717) is 0 Å². The van der Waals surface area contributed by atoms with Crippen molar-refractivity contribution in [2.75, 3.05) is 46.8 Å². The molecule has 21 heavy (non-hydrogen) atoms. The van der Waals surface area contributed by atoms with Gasteiger partial charge in [-0.2, -0.15) is 0 Å². The monoisotopic (exact) mass is 306 g/mol. The van der Waals surface area contributed by atoms with E-state index < -0.39 is 12.3 Å². The fourth-order valence-electron chi connectivity index (χ4n) is 1.74. The van der Waals surface area contributed by atoms with Gasteiger partial charge in [-0.25, -0.2) is 9.59 Å². The number of hydrogen-bond acceptors (Lipinski definition) is 9. The van der Waals surface area contributed by atoms with E-state index in [4.69, 9.17) is 23.7 Å². The Kier molecular flexibility index (Phi) is 6.03. The summed E-state index contributed by atoms with van der Waals surface area (Å²) in [7, 11) is 1.54. The van der Waals surface area contributed by atoms with Gasteiger partial charge in [0.1, 0.15) is 19.3 Å². The third kappa shape index (κ3) is 5.37. The van der Waals surface area contributed by atoms with Gasteiger partial charge in [-0.15, -0.1) is 0 Å². The molecule has 9 nitrogen and oxygen atoms in total. The zero-order chi connectivity index (χ0) is 15.1. The van der Waals surface area contributed by atoms with E-state index in [1.165, 1.54) is 7.11 Å². The molecule has 0 aromatic carbocycles. The van der Waals surface area contributed by atoms with Crippen LogP contribution < -0.4 is 0 Å². The Morgan fingerprint density at radius 2 is 1.48 bits per heavy atom. The average Bonchev–Trinajstić information content (AvgIpc) is 3.06. The molecule has 0 aromatic heterocycles. The quantitative estimate of drug-likeness (QED) is 0.549. The van der Waals surface area contributed by atoms with E-state index in [0.717, 1.165) is 0 Å². The Labute approximate surface area is 121 Å². The lowest BCUT2D eigenvalue weighted by molar-refractivity contribution is -0.0624. The maximum absolute atomic E-state index is 10.7. The van der Waals surface area contributed by atoms with Crippen molar-refractivity contribution in [2.45, 2.75) is 18.3 Å². The molecule has 2 unspecified atom stereocenters. The normalized spacial score (nSPS) is 26.0. The van der Waals surface area contributed by atoms with Crippen LogP contribution in [0.2, 0.25) is 0 Å². The van der Waals surface area contributed by atoms with Gasteiger partial charge < -0.3 is 33.2 Å². The Hall–Kier alpha value is -1.58. The molecule has 0 bridgehead atoms.